The Morgan fingerprint density at radius 1 is 1.15 bits per heavy atom. The molecule has 1 unspecified atom stereocenters. The van der Waals surface area contributed by atoms with Gasteiger partial charge in [-0.3, -0.25) is 14.7 Å². The van der Waals surface area contributed by atoms with Crippen LogP contribution in [0.25, 0.3) is 11.1 Å². The number of hydrogen-bond donors (Lipinski definition) is 2. The van der Waals surface area contributed by atoms with Crippen LogP contribution in [0, 0.1) is 11.2 Å². The average Bonchev–Trinajstić information content (AvgIpc) is 3.47. The maximum atomic E-state index is 14.3. The van der Waals surface area contributed by atoms with Crippen LogP contribution in [0.4, 0.5) is 10.1 Å². The highest BCUT2D eigenvalue weighted by Crippen LogP contribution is 2.46. The number of nitrogens with one attached hydrogen (secondary N) is 2. The number of benzene rings is 2. The number of H-pyrrole nitrogens is 1. The molecule has 1 atom stereocenters. The second kappa shape index (κ2) is 8.44. The molecule has 8 heteroatoms. The van der Waals surface area contributed by atoms with Crippen molar-refractivity contribution >= 4 is 17.4 Å². The molecule has 1 spiro atoms. The van der Waals surface area contributed by atoms with E-state index in [0.29, 0.717) is 24.9 Å². The lowest BCUT2D eigenvalue weighted by Gasteiger charge is -2.31. The quantitative estimate of drug-likeness (QED) is 0.583. The topological polar surface area (TPSA) is 87.3 Å². The van der Waals surface area contributed by atoms with Crippen molar-refractivity contribution < 1.29 is 18.7 Å². The number of rotatable bonds is 5. The minimum Gasteiger partial charge on any atom is -0.494 e. The van der Waals surface area contributed by atoms with Gasteiger partial charge in [0.2, 0.25) is 5.91 Å². The monoisotopic (exact) mass is 448 g/mol. The number of amides is 1. The number of carbonyl (C=O) groups excluding carboxylic acids is 2. The minimum absolute atomic E-state index is 0.0348. The lowest BCUT2D eigenvalue weighted by Crippen LogP contribution is -2.43. The fraction of sp³-hybridized carbons (Fsp3) is 0.320. The predicted molar refractivity (Wildman–Crippen MR) is 122 cm³/mol. The van der Waals surface area contributed by atoms with Crippen molar-refractivity contribution in [2.24, 2.45) is 5.41 Å². The summed E-state index contributed by atoms with van der Waals surface area (Å²) < 4.78 is 19.3. The van der Waals surface area contributed by atoms with Gasteiger partial charge >= 0.3 is 0 Å². The van der Waals surface area contributed by atoms with E-state index in [1.165, 1.54) is 19.2 Å². The third kappa shape index (κ3) is 3.70. The molecule has 2 aromatic carbocycles. The molecule has 0 bridgehead atoms. The van der Waals surface area contributed by atoms with Crippen LogP contribution < -0.4 is 15.0 Å². The summed E-state index contributed by atoms with van der Waals surface area (Å²) in [4.78, 5) is 28.9. The molecule has 0 radical (unpaired) electrons. The molecular formula is C25H25FN4O3. The van der Waals surface area contributed by atoms with E-state index in [-0.39, 0.29) is 23.0 Å². The molecular weight excluding hydrogens is 423 g/mol. The Kier molecular flexibility index (Phi) is 5.46. The Balaban J connectivity index is 1.52. The van der Waals surface area contributed by atoms with Crippen LogP contribution in [0.2, 0.25) is 0 Å². The molecule has 3 aromatic rings. The third-order valence-corrected chi connectivity index (χ3v) is 6.84. The van der Waals surface area contributed by atoms with Gasteiger partial charge in [0.1, 0.15) is 6.04 Å². The first-order valence-electron chi connectivity index (χ1n) is 11.0. The van der Waals surface area contributed by atoms with E-state index in [1.54, 1.807) is 23.4 Å². The van der Waals surface area contributed by atoms with Crippen LogP contribution in [0.1, 0.15) is 29.6 Å². The number of ether oxygens (including phenoxy) is 1. The number of nitrogens with zero attached hydrogens (tertiary/aromatic N) is 2. The predicted octanol–water partition coefficient (Wildman–Crippen LogP) is 3.58. The van der Waals surface area contributed by atoms with Crippen molar-refractivity contribution in [1.82, 2.24) is 15.5 Å². The molecule has 1 amide bonds. The molecule has 3 heterocycles. The normalized spacial score (nSPS) is 19.8. The number of carbonyl (C=O) groups is 2. The highest BCUT2D eigenvalue weighted by molar-refractivity contribution is 6.12. The van der Waals surface area contributed by atoms with Gasteiger partial charge in [-0.05, 0) is 68.2 Å². The van der Waals surface area contributed by atoms with Gasteiger partial charge in [0.15, 0.2) is 17.3 Å². The summed E-state index contributed by atoms with van der Waals surface area (Å²) in [7, 11) is 1.38. The SMILES string of the molecule is COc1ccc(C(=O)C2CC3(CCNCC3)C(=O)N2c2ccc(-c3cn[nH]c3)cc2)cc1F. The first-order chi connectivity index (χ1) is 16.0. The second-order valence-electron chi connectivity index (χ2n) is 8.67. The summed E-state index contributed by atoms with van der Waals surface area (Å²) >= 11 is 0. The highest BCUT2D eigenvalue weighted by atomic mass is 19.1. The van der Waals surface area contributed by atoms with E-state index in [2.05, 4.69) is 15.5 Å². The van der Waals surface area contributed by atoms with Gasteiger partial charge in [-0.2, -0.15) is 5.10 Å². The van der Waals surface area contributed by atoms with Crippen LogP contribution in [0.15, 0.2) is 54.9 Å². The van der Waals surface area contributed by atoms with Crippen LogP contribution >= 0.6 is 0 Å². The minimum atomic E-state index is -0.692. The molecule has 7 nitrogen and oxygen atoms in total. The summed E-state index contributed by atoms with van der Waals surface area (Å²) in [5, 5.41) is 10.1. The van der Waals surface area contributed by atoms with Crippen molar-refractivity contribution in [2.75, 3.05) is 25.1 Å². The van der Waals surface area contributed by atoms with Gasteiger partial charge in [0, 0.05) is 23.0 Å². The zero-order chi connectivity index (χ0) is 23.0. The summed E-state index contributed by atoms with van der Waals surface area (Å²) in [6, 6.07) is 11.0. The molecule has 2 N–H and O–H groups in total. The Morgan fingerprint density at radius 2 is 1.91 bits per heavy atom. The first kappa shape index (κ1) is 21.3. The van der Waals surface area contributed by atoms with Gasteiger partial charge in [-0.25, -0.2) is 4.39 Å². The standard InChI is InChI=1S/C25H25FN4O3/c1-33-22-7-4-17(12-20(22)26)23(31)21-13-25(8-10-27-11-9-25)24(32)30(21)19-5-2-16(3-6-19)18-14-28-29-15-18/h2-7,12,14-15,21,27H,8-11,13H2,1H3,(H,28,29). The number of halogens is 1. The number of aromatic amines is 1. The summed E-state index contributed by atoms with van der Waals surface area (Å²) in [6.45, 7) is 1.47. The third-order valence-electron chi connectivity index (χ3n) is 6.84. The van der Waals surface area contributed by atoms with E-state index in [4.69, 9.17) is 4.74 Å². The van der Waals surface area contributed by atoms with Gasteiger partial charge in [-0.15, -0.1) is 0 Å². The van der Waals surface area contributed by atoms with E-state index >= 15 is 0 Å². The van der Waals surface area contributed by atoms with E-state index in [0.717, 1.165) is 24.2 Å². The summed E-state index contributed by atoms with van der Waals surface area (Å²) in [6.07, 6.45) is 5.30. The number of hydrogen-bond acceptors (Lipinski definition) is 5. The Labute approximate surface area is 190 Å². The largest absolute Gasteiger partial charge is 0.494 e. The maximum Gasteiger partial charge on any atom is 0.234 e. The average molecular weight is 448 g/mol. The lowest BCUT2D eigenvalue weighted by atomic mass is 9.76. The van der Waals surface area contributed by atoms with E-state index in [9.17, 15) is 14.0 Å². The number of ketones is 1. The van der Waals surface area contributed by atoms with Crippen LogP contribution in [0.3, 0.4) is 0 Å². The highest BCUT2D eigenvalue weighted by Gasteiger charge is 2.54. The van der Waals surface area contributed by atoms with Crippen molar-refractivity contribution in [3.8, 4) is 16.9 Å². The molecule has 170 valence electrons. The fourth-order valence-corrected chi connectivity index (χ4v) is 5.01. The van der Waals surface area contributed by atoms with Crippen LogP contribution in [0.5, 0.6) is 5.75 Å². The smallest absolute Gasteiger partial charge is 0.234 e. The molecule has 1 aromatic heterocycles. The van der Waals surface area contributed by atoms with Crippen molar-refractivity contribution in [2.45, 2.75) is 25.3 Å². The van der Waals surface area contributed by atoms with Crippen molar-refractivity contribution in [3.05, 3.63) is 66.2 Å². The number of methoxy groups -OCH3 is 1. The molecule has 0 aliphatic carbocycles. The van der Waals surface area contributed by atoms with Gasteiger partial charge in [0.25, 0.3) is 0 Å². The Bertz CT molecular complexity index is 1170. The first-order valence-corrected chi connectivity index (χ1v) is 11.0. The van der Waals surface area contributed by atoms with Crippen molar-refractivity contribution in [3.63, 3.8) is 0 Å². The lowest BCUT2D eigenvalue weighted by molar-refractivity contribution is -0.126. The summed E-state index contributed by atoms with van der Waals surface area (Å²) in [5.74, 6) is -0.817. The van der Waals surface area contributed by atoms with E-state index < -0.39 is 17.3 Å². The maximum absolute atomic E-state index is 14.3. The fourth-order valence-electron chi connectivity index (χ4n) is 5.01. The summed E-state index contributed by atoms with van der Waals surface area (Å²) in [5.41, 5.74) is 2.20. The molecule has 2 aliphatic rings. The Morgan fingerprint density at radius 3 is 2.55 bits per heavy atom. The molecule has 2 saturated heterocycles. The van der Waals surface area contributed by atoms with Gasteiger partial charge in [-0.1, -0.05) is 12.1 Å². The number of anilines is 1. The zero-order valence-electron chi connectivity index (χ0n) is 18.3. The van der Waals surface area contributed by atoms with Crippen LogP contribution in [-0.4, -0.2) is 48.1 Å². The molecule has 33 heavy (non-hydrogen) atoms. The van der Waals surface area contributed by atoms with E-state index in [1.807, 2.05) is 24.3 Å². The number of piperidine rings is 1. The Hall–Kier alpha value is -3.52. The molecule has 2 fully saturated rings. The molecule has 0 saturated carbocycles. The number of Topliss-reactive ketones (excluding diaryl/α,β-unsaturated/α-hetero) is 1. The van der Waals surface area contributed by atoms with Crippen LogP contribution in [-0.2, 0) is 4.79 Å². The van der Waals surface area contributed by atoms with Gasteiger partial charge < -0.3 is 15.0 Å². The van der Waals surface area contributed by atoms with Gasteiger partial charge in [0.05, 0.1) is 18.7 Å². The molecule has 5 rings (SSSR count). The second-order valence-corrected chi connectivity index (χ2v) is 8.67. The molecule has 2 aliphatic heterocycles. The zero-order valence-corrected chi connectivity index (χ0v) is 18.3. The van der Waals surface area contributed by atoms with Crippen molar-refractivity contribution in [1.29, 1.82) is 0 Å². The number of aromatic nitrogens is 2.